The number of aryl methyl sites for hydroxylation is 1. The third-order valence-corrected chi connectivity index (χ3v) is 9.44. The van der Waals surface area contributed by atoms with E-state index in [0.29, 0.717) is 0 Å². The Morgan fingerprint density at radius 3 is 1.50 bits per heavy atom. The van der Waals surface area contributed by atoms with Gasteiger partial charge in [-0.25, -0.2) is 0 Å². The second-order valence-electron chi connectivity index (χ2n) is 5.85. The average molecular weight is 384 g/mol. The van der Waals surface area contributed by atoms with Gasteiger partial charge in [-0.1, -0.05) is 29.1 Å². The molecule has 0 atom stereocenters. The van der Waals surface area contributed by atoms with Crippen molar-refractivity contribution in [1.29, 1.82) is 0 Å². The third-order valence-electron chi connectivity index (χ3n) is 4.08. The van der Waals surface area contributed by atoms with Crippen LogP contribution < -0.4 is 20.1 Å². The lowest BCUT2D eigenvalue weighted by molar-refractivity contribution is 0.415. The zero-order valence-electron chi connectivity index (χ0n) is 15.0. The van der Waals surface area contributed by atoms with E-state index in [1.165, 1.54) is 16.9 Å². The molecule has 0 aliphatic heterocycles. The van der Waals surface area contributed by atoms with Crippen molar-refractivity contribution in [2.24, 2.45) is 0 Å². The van der Waals surface area contributed by atoms with Crippen LogP contribution in [0.2, 0.25) is 0 Å². The van der Waals surface area contributed by atoms with Gasteiger partial charge in [-0.2, -0.15) is 0 Å². The van der Waals surface area contributed by atoms with Crippen molar-refractivity contribution in [1.82, 2.24) is 0 Å². The van der Waals surface area contributed by atoms with Crippen LogP contribution in [0, 0.1) is 6.92 Å². The molecule has 0 heterocycles. The predicted octanol–water partition coefficient (Wildman–Crippen LogP) is 5.03. The maximum absolute atomic E-state index is 14.2. The van der Waals surface area contributed by atoms with Crippen LogP contribution in [0.1, 0.15) is 5.56 Å². The second-order valence-corrected chi connectivity index (χ2v) is 10.7. The smallest absolute Gasteiger partial charge is 0.199 e. The highest BCUT2D eigenvalue weighted by Gasteiger charge is 2.29. The molecular formula is C21H21O3PS. The van der Waals surface area contributed by atoms with Crippen LogP contribution in [0.15, 0.2) is 77.7 Å². The van der Waals surface area contributed by atoms with Gasteiger partial charge in [-0.05, 0) is 67.6 Å². The lowest BCUT2D eigenvalue weighted by atomic mass is 10.2. The van der Waals surface area contributed by atoms with Crippen LogP contribution in [0.4, 0.5) is 0 Å². The minimum atomic E-state index is -2.92. The first kappa shape index (κ1) is 18.6. The molecule has 0 saturated carbocycles. The van der Waals surface area contributed by atoms with E-state index in [4.69, 9.17) is 9.47 Å². The van der Waals surface area contributed by atoms with Crippen LogP contribution in [-0.2, 0) is 4.57 Å². The molecule has 0 fully saturated rings. The maximum atomic E-state index is 14.2. The van der Waals surface area contributed by atoms with E-state index in [-0.39, 0.29) is 0 Å². The Balaban J connectivity index is 2.06. The van der Waals surface area contributed by atoms with Gasteiger partial charge in [0.25, 0.3) is 0 Å². The van der Waals surface area contributed by atoms with Gasteiger partial charge in [0, 0.05) is 15.5 Å². The summed E-state index contributed by atoms with van der Waals surface area (Å²) in [7, 11) is 3.25. The maximum Gasteiger partial charge on any atom is 0.199 e. The van der Waals surface area contributed by atoms with Crippen LogP contribution >= 0.6 is 17.7 Å². The molecule has 0 N–H and O–H groups in total. The minimum Gasteiger partial charge on any atom is -0.497 e. The molecular weight excluding hydrogens is 363 g/mol. The Labute approximate surface area is 158 Å². The third kappa shape index (κ3) is 3.98. The van der Waals surface area contributed by atoms with Crippen LogP contribution in [0.3, 0.4) is 0 Å². The monoisotopic (exact) mass is 384 g/mol. The number of hydrogen-bond acceptors (Lipinski definition) is 4. The van der Waals surface area contributed by atoms with Crippen molar-refractivity contribution >= 4 is 28.3 Å². The Morgan fingerprint density at radius 1 is 0.692 bits per heavy atom. The van der Waals surface area contributed by atoms with Crippen molar-refractivity contribution in [3.05, 3.63) is 78.4 Å². The summed E-state index contributed by atoms with van der Waals surface area (Å²) in [5.74, 6) is 1.49. The van der Waals surface area contributed by atoms with Gasteiger partial charge in [0.15, 0.2) is 6.34 Å². The molecule has 0 unspecified atom stereocenters. The predicted molar refractivity (Wildman–Crippen MR) is 110 cm³/mol. The van der Waals surface area contributed by atoms with Crippen molar-refractivity contribution in [2.45, 2.75) is 11.8 Å². The molecule has 0 saturated heterocycles. The number of rotatable bonds is 6. The topological polar surface area (TPSA) is 35.5 Å². The van der Waals surface area contributed by atoms with E-state index in [1.807, 2.05) is 79.7 Å². The van der Waals surface area contributed by atoms with Gasteiger partial charge < -0.3 is 14.0 Å². The van der Waals surface area contributed by atoms with E-state index < -0.39 is 6.34 Å². The fourth-order valence-corrected chi connectivity index (χ4v) is 7.32. The van der Waals surface area contributed by atoms with Crippen LogP contribution in [0.5, 0.6) is 11.5 Å². The Kier molecular flexibility index (Phi) is 5.75. The van der Waals surface area contributed by atoms with Crippen molar-refractivity contribution in [3.8, 4) is 11.5 Å². The van der Waals surface area contributed by atoms with E-state index in [2.05, 4.69) is 0 Å². The molecule has 3 rings (SSSR count). The molecule has 5 heteroatoms. The number of methoxy groups -OCH3 is 2. The molecule has 0 amide bonds. The highest BCUT2D eigenvalue weighted by Crippen LogP contribution is 2.59. The summed E-state index contributed by atoms with van der Waals surface area (Å²) in [6.07, 6.45) is -2.92. The van der Waals surface area contributed by atoms with Gasteiger partial charge in [0.05, 0.1) is 14.2 Å². The Bertz CT molecular complexity index is 852. The first-order valence-corrected chi connectivity index (χ1v) is 11.3. The summed E-state index contributed by atoms with van der Waals surface area (Å²) >= 11 is 1.41. The standard InChI is InChI=1S/C21H21O3PS/c1-16-4-14-21(15-5-16)26-25(22,19-10-6-17(23-2)7-11-19)20-12-8-18(24-3)9-13-20/h4-15H,1-3H3. The first-order chi connectivity index (χ1) is 12.5. The number of hydrogen-bond donors (Lipinski definition) is 0. The van der Waals surface area contributed by atoms with E-state index >= 15 is 0 Å². The summed E-state index contributed by atoms with van der Waals surface area (Å²) in [5, 5.41) is 1.57. The van der Waals surface area contributed by atoms with Gasteiger partial charge >= 0.3 is 0 Å². The van der Waals surface area contributed by atoms with E-state index in [0.717, 1.165) is 27.0 Å². The van der Waals surface area contributed by atoms with Crippen molar-refractivity contribution in [3.63, 3.8) is 0 Å². The quantitative estimate of drug-likeness (QED) is 0.558. The average Bonchev–Trinajstić information content (AvgIpc) is 2.70. The SMILES string of the molecule is COc1ccc(P(=O)(Sc2ccc(C)cc2)c2ccc(OC)cc2)cc1. The van der Waals surface area contributed by atoms with Crippen LogP contribution in [-0.4, -0.2) is 14.2 Å². The molecule has 3 aromatic rings. The van der Waals surface area contributed by atoms with Gasteiger partial charge in [-0.3, -0.25) is 0 Å². The largest absolute Gasteiger partial charge is 0.497 e. The highest BCUT2D eigenvalue weighted by atomic mass is 32.7. The summed E-state index contributed by atoms with van der Waals surface area (Å²) in [6.45, 7) is 2.04. The molecule has 0 bridgehead atoms. The molecule has 0 radical (unpaired) electrons. The minimum absolute atomic E-state index is 0.746. The van der Waals surface area contributed by atoms with E-state index in [1.54, 1.807) is 14.2 Å². The first-order valence-electron chi connectivity index (χ1n) is 8.21. The zero-order chi connectivity index (χ0) is 18.6. The normalized spacial score (nSPS) is 11.2. The number of ether oxygens (including phenoxy) is 2. The van der Waals surface area contributed by atoms with Gasteiger partial charge in [0.2, 0.25) is 0 Å². The summed E-state index contributed by atoms with van der Waals surface area (Å²) in [6, 6.07) is 23.0. The Morgan fingerprint density at radius 2 is 1.12 bits per heavy atom. The number of benzene rings is 3. The molecule has 3 nitrogen and oxygen atoms in total. The van der Waals surface area contributed by atoms with Crippen molar-refractivity contribution < 1.29 is 14.0 Å². The fraction of sp³-hybridized carbons (Fsp3) is 0.143. The van der Waals surface area contributed by atoms with E-state index in [9.17, 15) is 4.57 Å². The Hall–Kier alpha value is -2.16. The summed E-state index contributed by atoms with van der Waals surface area (Å²) in [4.78, 5) is 0.977. The van der Waals surface area contributed by atoms with Crippen LogP contribution in [0.25, 0.3) is 0 Å². The molecule has 0 spiro atoms. The highest BCUT2D eigenvalue weighted by molar-refractivity contribution is 8.62. The lowest BCUT2D eigenvalue weighted by Crippen LogP contribution is -2.13. The second kappa shape index (κ2) is 8.03. The molecule has 0 aliphatic rings. The summed E-state index contributed by atoms with van der Waals surface area (Å²) < 4.78 is 24.6. The molecule has 0 aliphatic carbocycles. The molecule has 26 heavy (non-hydrogen) atoms. The lowest BCUT2D eigenvalue weighted by Gasteiger charge is -2.19. The van der Waals surface area contributed by atoms with Gasteiger partial charge in [0.1, 0.15) is 11.5 Å². The van der Waals surface area contributed by atoms with Crippen molar-refractivity contribution in [2.75, 3.05) is 14.2 Å². The molecule has 0 aromatic heterocycles. The zero-order valence-corrected chi connectivity index (χ0v) is 16.7. The molecule has 3 aromatic carbocycles. The summed E-state index contributed by atoms with van der Waals surface area (Å²) in [5.41, 5.74) is 1.18. The molecule has 134 valence electrons. The fourth-order valence-electron chi connectivity index (χ4n) is 2.56. The van der Waals surface area contributed by atoms with Gasteiger partial charge in [-0.15, -0.1) is 0 Å².